The molecular formula is C14H19ClFN3O2. The molecule has 0 unspecified atom stereocenters. The Morgan fingerprint density at radius 3 is 2.86 bits per heavy atom. The van der Waals surface area contributed by atoms with Crippen molar-refractivity contribution in [2.75, 3.05) is 33.3 Å². The van der Waals surface area contributed by atoms with Crippen molar-refractivity contribution in [3.63, 3.8) is 0 Å². The van der Waals surface area contributed by atoms with Crippen molar-refractivity contribution in [1.29, 1.82) is 0 Å². The number of carbonyl (C=O) groups is 1. The predicted molar refractivity (Wildman–Crippen MR) is 77.8 cm³/mol. The lowest BCUT2D eigenvalue weighted by Crippen LogP contribution is -2.47. The van der Waals surface area contributed by atoms with Crippen molar-refractivity contribution in [3.8, 4) is 0 Å². The summed E-state index contributed by atoms with van der Waals surface area (Å²) in [5.74, 6) is -0.981. The van der Waals surface area contributed by atoms with Crippen LogP contribution < -0.4 is 0 Å². The molecule has 21 heavy (non-hydrogen) atoms. The minimum atomic E-state index is -0.602. The van der Waals surface area contributed by atoms with Crippen LogP contribution in [0.5, 0.6) is 0 Å². The number of rotatable bonds is 4. The Bertz CT molecular complexity index is 507. The molecule has 0 bridgehead atoms. The van der Waals surface area contributed by atoms with Crippen LogP contribution in [-0.2, 0) is 0 Å². The smallest absolute Gasteiger partial charge is 0.257 e. The molecule has 1 fully saturated rings. The number of aliphatic hydroxyl groups excluding tert-OH is 1. The molecule has 1 aliphatic heterocycles. The van der Waals surface area contributed by atoms with Gasteiger partial charge in [0.15, 0.2) is 0 Å². The van der Waals surface area contributed by atoms with Crippen molar-refractivity contribution in [2.45, 2.75) is 18.9 Å². The number of carbonyl (C=O) groups excluding carboxylic acids is 1. The van der Waals surface area contributed by atoms with Crippen LogP contribution in [0.25, 0.3) is 0 Å². The number of pyridine rings is 1. The van der Waals surface area contributed by atoms with Crippen molar-refractivity contribution in [2.24, 2.45) is 0 Å². The monoisotopic (exact) mass is 315 g/mol. The number of nitrogens with zero attached hydrogens (tertiary/aromatic N) is 3. The molecule has 116 valence electrons. The van der Waals surface area contributed by atoms with Crippen molar-refractivity contribution in [1.82, 2.24) is 14.8 Å². The molecule has 1 N–H and O–H groups in total. The maximum absolute atomic E-state index is 13.3. The molecule has 1 aromatic rings. The summed E-state index contributed by atoms with van der Waals surface area (Å²) in [5, 5.41) is 9.20. The van der Waals surface area contributed by atoms with E-state index in [1.165, 1.54) is 0 Å². The van der Waals surface area contributed by atoms with Gasteiger partial charge < -0.3 is 14.9 Å². The lowest BCUT2D eigenvalue weighted by molar-refractivity contribution is 0.0539. The van der Waals surface area contributed by atoms with Gasteiger partial charge in [-0.25, -0.2) is 9.37 Å². The number of halogens is 2. The maximum atomic E-state index is 13.3. The van der Waals surface area contributed by atoms with Gasteiger partial charge in [0.05, 0.1) is 18.4 Å². The molecule has 0 spiro atoms. The van der Waals surface area contributed by atoms with Crippen LogP contribution >= 0.6 is 11.6 Å². The van der Waals surface area contributed by atoms with E-state index in [1.54, 1.807) is 4.90 Å². The quantitative estimate of drug-likeness (QED) is 0.853. The highest BCUT2D eigenvalue weighted by atomic mass is 35.5. The molecule has 1 saturated heterocycles. The standard InChI is InChI=1S/C14H19ClFN3O2/c1-18-4-2-11(3-5-18)19(6-7-20)14(21)12-8-10(16)9-17-13(12)15/h8-9,11,20H,2-7H2,1H3. The van der Waals surface area contributed by atoms with Gasteiger partial charge in [0.1, 0.15) is 11.0 Å². The lowest BCUT2D eigenvalue weighted by atomic mass is 10.0. The van der Waals surface area contributed by atoms with E-state index in [1.807, 2.05) is 7.05 Å². The number of aromatic nitrogens is 1. The van der Waals surface area contributed by atoms with Crippen LogP contribution in [0, 0.1) is 5.82 Å². The Kier molecular flexibility index (Phi) is 5.50. The van der Waals surface area contributed by atoms with Crippen molar-refractivity contribution in [3.05, 3.63) is 28.8 Å². The first-order chi connectivity index (χ1) is 10.0. The van der Waals surface area contributed by atoms with Crippen LogP contribution in [0.4, 0.5) is 4.39 Å². The number of piperidine rings is 1. The van der Waals surface area contributed by atoms with Crippen LogP contribution in [0.2, 0.25) is 5.15 Å². The molecule has 1 amide bonds. The highest BCUT2D eigenvalue weighted by Gasteiger charge is 2.28. The van der Waals surface area contributed by atoms with Crippen LogP contribution in [0.15, 0.2) is 12.3 Å². The Morgan fingerprint density at radius 1 is 1.57 bits per heavy atom. The summed E-state index contributed by atoms with van der Waals surface area (Å²) < 4.78 is 13.3. The molecule has 0 atom stereocenters. The van der Waals surface area contributed by atoms with E-state index in [0.29, 0.717) is 0 Å². The van der Waals surface area contributed by atoms with Gasteiger partial charge in [-0.05, 0) is 39.0 Å². The van der Waals surface area contributed by atoms with E-state index in [0.717, 1.165) is 38.2 Å². The summed E-state index contributed by atoms with van der Waals surface area (Å²) in [7, 11) is 2.03. The summed E-state index contributed by atoms with van der Waals surface area (Å²) in [4.78, 5) is 20.0. The van der Waals surface area contributed by atoms with E-state index < -0.39 is 5.82 Å². The Hall–Kier alpha value is -1.24. The van der Waals surface area contributed by atoms with Gasteiger partial charge in [0.25, 0.3) is 5.91 Å². The van der Waals surface area contributed by atoms with Gasteiger partial charge in [-0.15, -0.1) is 0 Å². The van der Waals surface area contributed by atoms with Crippen LogP contribution in [0.3, 0.4) is 0 Å². The van der Waals surface area contributed by atoms with Crippen molar-refractivity contribution < 1.29 is 14.3 Å². The van der Waals surface area contributed by atoms with Gasteiger partial charge >= 0.3 is 0 Å². The van der Waals surface area contributed by atoms with E-state index in [9.17, 15) is 14.3 Å². The number of hydrogen-bond donors (Lipinski definition) is 1. The van der Waals surface area contributed by atoms with Crippen LogP contribution in [-0.4, -0.2) is 65.1 Å². The first-order valence-corrected chi connectivity index (χ1v) is 7.32. The second-order valence-corrected chi connectivity index (χ2v) is 5.61. The van der Waals surface area contributed by atoms with Crippen LogP contribution in [0.1, 0.15) is 23.2 Å². The zero-order chi connectivity index (χ0) is 15.4. The third kappa shape index (κ3) is 3.90. The first kappa shape index (κ1) is 16.1. The number of hydrogen-bond acceptors (Lipinski definition) is 4. The average molecular weight is 316 g/mol. The molecule has 0 aliphatic carbocycles. The topological polar surface area (TPSA) is 56.7 Å². The van der Waals surface area contributed by atoms with Gasteiger partial charge in [0.2, 0.25) is 0 Å². The van der Waals surface area contributed by atoms with Gasteiger partial charge in [-0.1, -0.05) is 11.6 Å². The fraction of sp³-hybridized carbons (Fsp3) is 0.571. The van der Waals surface area contributed by atoms with Gasteiger partial charge in [-0.2, -0.15) is 0 Å². The van der Waals surface area contributed by atoms with E-state index in [4.69, 9.17) is 11.6 Å². The van der Waals surface area contributed by atoms with E-state index >= 15 is 0 Å². The fourth-order valence-corrected chi connectivity index (χ4v) is 2.78. The molecule has 0 aromatic carbocycles. The normalized spacial score (nSPS) is 17.0. The zero-order valence-corrected chi connectivity index (χ0v) is 12.7. The van der Waals surface area contributed by atoms with Crippen molar-refractivity contribution >= 4 is 17.5 Å². The summed E-state index contributed by atoms with van der Waals surface area (Å²) >= 11 is 5.90. The summed E-state index contributed by atoms with van der Waals surface area (Å²) in [6.45, 7) is 1.84. The second kappa shape index (κ2) is 7.15. The Morgan fingerprint density at radius 2 is 2.24 bits per heavy atom. The first-order valence-electron chi connectivity index (χ1n) is 6.94. The highest BCUT2D eigenvalue weighted by molar-refractivity contribution is 6.32. The predicted octanol–water partition coefficient (Wildman–Crippen LogP) is 1.40. The van der Waals surface area contributed by atoms with Gasteiger partial charge in [0, 0.05) is 12.6 Å². The summed E-state index contributed by atoms with van der Waals surface area (Å²) in [5.41, 5.74) is 0.0454. The minimum absolute atomic E-state index is 0.0164. The number of aliphatic hydroxyl groups is 1. The minimum Gasteiger partial charge on any atom is -0.395 e. The number of amides is 1. The molecule has 2 heterocycles. The largest absolute Gasteiger partial charge is 0.395 e. The lowest BCUT2D eigenvalue weighted by Gasteiger charge is -2.37. The molecule has 5 nitrogen and oxygen atoms in total. The molecular weight excluding hydrogens is 297 g/mol. The SMILES string of the molecule is CN1CCC(N(CCO)C(=O)c2cc(F)cnc2Cl)CC1. The molecule has 1 aliphatic rings. The zero-order valence-electron chi connectivity index (χ0n) is 11.9. The molecule has 0 saturated carbocycles. The maximum Gasteiger partial charge on any atom is 0.257 e. The Labute approximate surface area is 128 Å². The second-order valence-electron chi connectivity index (χ2n) is 5.25. The third-order valence-corrected chi connectivity index (χ3v) is 4.07. The van der Waals surface area contributed by atoms with Gasteiger partial charge in [-0.3, -0.25) is 4.79 Å². The summed E-state index contributed by atoms with van der Waals surface area (Å²) in [6, 6.07) is 1.12. The molecule has 0 radical (unpaired) electrons. The average Bonchev–Trinajstić information content (AvgIpc) is 2.48. The molecule has 1 aromatic heterocycles. The molecule has 2 rings (SSSR count). The molecule has 7 heteroatoms. The summed E-state index contributed by atoms with van der Waals surface area (Å²) in [6.07, 6.45) is 2.62. The van der Waals surface area contributed by atoms with E-state index in [-0.39, 0.29) is 35.8 Å². The third-order valence-electron chi connectivity index (χ3n) is 3.77. The number of likely N-dealkylation sites (tertiary alicyclic amines) is 1. The van der Waals surface area contributed by atoms with E-state index in [2.05, 4.69) is 9.88 Å². The Balaban J connectivity index is 2.20. The highest BCUT2D eigenvalue weighted by Crippen LogP contribution is 2.21. The fourth-order valence-electron chi connectivity index (χ4n) is 2.59.